The van der Waals surface area contributed by atoms with Gasteiger partial charge in [-0.3, -0.25) is 4.79 Å². The molecule has 1 aromatic carbocycles. The van der Waals surface area contributed by atoms with Crippen molar-refractivity contribution in [2.24, 2.45) is 0 Å². The SMILES string of the molecule is COc1ccc2nc(Cl)c(CN(C(=O)c3ccco3)C3CCCCC3)cc2c1. The lowest BCUT2D eigenvalue weighted by atomic mass is 9.93. The molecule has 1 fully saturated rings. The third-order valence-electron chi connectivity index (χ3n) is 5.40. The molecule has 1 aliphatic rings. The van der Waals surface area contributed by atoms with E-state index >= 15 is 0 Å². The van der Waals surface area contributed by atoms with E-state index in [4.69, 9.17) is 20.8 Å². The second-order valence-corrected chi connectivity index (χ2v) is 7.56. The highest BCUT2D eigenvalue weighted by molar-refractivity contribution is 6.30. The van der Waals surface area contributed by atoms with Crippen molar-refractivity contribution in [1.82, 2.24) is 9.88 Å². The molecule has 0 aliphatic heterocycles. The summed E-state index contributed by atoms with van der Waals surface area (Å²) in [5.41, 5.74) is 1.63. The van der Waals surface area contributed by atoms with Crippen LogP contribution in [-0.2, 0) is 6.54 Å². The average Bonchev–Trinajstić information content (AvgIpc) is 3.27. The Morgan fingerprint density at radius 1 is 1.25 bits per heavy atom. The number of benzene rings is 1. The van der Waals surface area contributed by atoms with E-state index in [1.54, 1.807) is 19.2 Å². The fourth-order valence-electron chi connectivity index (χ4n) is 3.90. The number of methoxy groups -OCH3 is 1. The van der Waals surface area contributed by atoms with Crippen molar-refractivity contribution >= 4 is 28.4 Å². The summed E-state index contributed by atoms with van der Waals surface area (Å²) in [4.78, 5) is 19.5. The summed E-state index contributed by atoms with van der Waals surface area (Å²) in [7, 11) is 1.64. The van der Waals surface area contributed by atoms with Gasteiger partial charge in [-0.05, 0) is 49.2 Å². The fourth-order valence-corrected chi connectivity index (χ4v) is 4.10. The van der Waals surface area contributed by atoms with Gasteiger partial charge in [0.1, 0.15) is 10.9 Å². The number of pyridine rings is 1. The lowest BCUT2D eigenvalue weighted by Gasteiger charge is -2.34. The van der Waals surface area contributed by atoms with Gasteiger partial charge >= 0.3 is 0 Å². The molecular weight excluding hydrogens is 376 g/mol. The van der Waals surface area contributed by atoms with Gasteiger partial charge in [0.2, 0.25) is 0 Å². The molecule has 5 nitrogen and oxygen atoms in total. The number of hydrogen-bond acceptors (Lipinski definition) is 4. The molecule has 0 bridgehead atoms. The number of hydrogen-bond donors (Lipinski definition) is 0. The summed E-state index contributed by atoms with van der Waals surface area (Å²) in [5, 5.41) is 1.36. The van der Waals surface area contributed by atoms with E-state index in [1.165, 1.54) is 12.7 Å². The number of halogens is 1. The molecule has 0 radical (unpaired) electrons. The Kier molecular flexibility index (Phi) is 5.53. The standard InChI is InChI=1S/C22H23ClN2O3/c1-27-18-9-10-19-15(13-18)12-16(21(23)24-19)14-25(17-6-3-2-4-7-17)22(26)20-8-5-11-28-20/h5,8-13,17H,2-4,6-7,14H2,1H3. The summed E-state index contributed by atoms with van der Waals surface area (Å²) < 4.78 is 10.7. The molecule has 2 heterocycles. The van der Waals surface area contributed by atoms with E-state index in [-0.39, 0.29) is 11.9 Å². The Morgan fingerprint density at radius 3 is 2.79 bits per heavy atom. The largest absolute Gasteiger partial charge is 0.497 e. The van der Waals surface area contributed by atoms with Crippen LogP contribution in [0.5, 0.6) is 5.75 Å². The molecule has 1 saturated carbocycles. The van der Waals surface area contributed by atoms with Crippen LogP contribution in [0.3, 0.4) is 0 Å². The van der Waals surface area contributed by atoms with Crippen LogP contribution in [-0.4, -0.2) is 28.9 Å². The monoisotopic (exact) mass is 398 g/mol. The normalized spacial score (nSPS) is 14.9. The van der Waals surface area contributed by atoms with Crippen molar-refractivity contribution in [3.63, 3.8) is 0 Å². The van der Waals surface area contributed by atoms with Crippen LogP contribution in [0.2, 0.25) is 5.15 Å². The Morgan fingerprint density at radius 2 is 2.07 bits per heavy atom. The van der Waals surface area contributed by atoms with Gasteiger partial charge in [0, 0.05) is 23.5 Å². The minimum atomic E-state index is -0.0984. The Balaban J connectivity index is 1.69. The molecule has 1 amide bonds. The zero-order valence-electron chi connectivity index (χ0n) is 15.9. The molecule has 0 unspecified atom stereocenters. The summed E-state index contributed by atoms with van der Waals surface area (Å²) >= 11 is 6.49. The molecule has 0 N–H and O–H groups in total. The van der Waals surface area contributed by atoms with E-state index in [9.17, 15) is 4.79 Å². The van der Waals surface area contributed by atoms with E-state index in [2.05, 4.69) is 4.98 Å². The zero-order valence-corrected chi connectivity index (χ0v) is 16.6. The molecule has 2 aromatic heterocycles. The first-order valence-corrected chi connectivity index (χ1v) is 10.0. The highest BCUT2D eigenvalue weighted by Gasteiger charge is 2.28. The molecular formula is C22H23ClN2O3. The van der Waals surface area contributed by atoms with Crippen molar-refractivity contribution < 1.29 is 13.9 Å². The molecule has 4 rings (SSSR count). The summed E-state index contributed by atoms with van der Waals surface area (Å²) in [6.07, 6.45) is 7.01. The zero-order chi connectivity index (χ0) is 19.5. The smallest absolute Gasteiger partial charge is 0.290 e. The Hall–Kier alpha value is -2.53. The van der Waals surface area contributed by atoms with Crippen LogP contribution in [0.15, 0.2) is 47.1 Å². The number of nitrogens with zero attached hydrogens (tertiary/aromatic N) is 2. The van der Waals surface area contributed by atoms with Gasteiger partial charge in [-0.25, -0.2) is 4.98 Å². The quantitative estimate of drug-likeness (QED) is 0.535. The molecule has 0 atom stereocenters. The number of fused-ring (bicyclic) bond motifs is 1. The highest BCUT2D eigenvalue weighted by Crippen LogP contribution is 2.29. The third kappa shape index (κ3) is 3.85. The maximum atomic E-state index is 13.1. The molecule has 28 heavy (non-hydrogen) atoms. The van der Waals surface area contributed by atoms with Crippen molar-refractivity contribution in [3.05, 3.63) is 59.1 Å². The lowest BCUT2D eigenvalue weighted by Crippen LogP contribution is -2.41. The molecule has 1 aliphatic carbocycles. The molecule has 6 heteroatoms. The summed E-state index contributed by atoms with van der Waals surface area (Å²) in [6.45, 7) is 0.406. The van der Waals surface area contributed by atoms with Crippen molar-refractivity contribution in [1.29, 1.82) is 0 Å². The minimum absolute atomic E-state index is 0.0984. The van der Waals surface area contributed by atoms with Gasteiger partial charge in [-0.1, -0.05) is 30.9 Å². The van der Waals surface area contributed by atoms with Crippen LogP contribution in [0.25, 0.3) is 10.9 Å². The van der Waals surface area contributed by atoms with Gasteiger partial charge in [0.05, 0.1) is 18.9 Å². The van der Waals surface area contributed by atoms with E-state index < -0.39 is 0 Å². The minimum Gasteiger partial charge on any atom is -0.497 e. The summed E-state index contributed by atoms with van der Waals surface area (Å²) in [6, 6.07) is 11.3. The first-order valence-electron chi connectivity index (χ1n) is 9.63. The van der Waals surface area contributed by atoms with Crippen LogP contribution in [0, 0.1) is 0 Å². The molecule has 3 aromatic rings. The first-order chi connectivity index (χ1) is 13.7. The number of rotatable bonds is 5. The second-order valence-electron chi connectivity index (χ2n) is 7.20. The van der Waals surface area contributed by atoms with Gasteiger partial charge < -0.3 is 14.1 Å². The van der Waals surface area contributed by atoms with Crippen LogP contribution in [0.1, 0.15) is 48.2 Å². The van der Waals surface area contributed by atoms with Crippen LogP contribution >= 0.6 is 11.6 Å². The molecule has 0 spiro atoms. The topological polar surface area (TPSA) is 55.6 Å². The number of amides is 1. The number of carbonyl (C=O) groups excluding carboxylic acids is 1. The van der Waals surface area contributed by atoms with E-state index in [1.807, 2.05) is 29.2 Å². The lowest BCUT2D eigenvalue weighted by molar-refractivity contribution is 0.0581. The molecule has 0 saturated heterocycles. The van der Waals surface area contributed by atoms with E-state index in [0.29, 0.717) is 17.5 Å². The number of carbonyl (C=O) groups is 1. The summed E-state index contributed by atoms with van der Waals surface area (Å²) in [5.74, 6) is 1.02. The third-order valence-corrected chi connectivity index (χ3v) is 5.72. The second kappa shape index (κ2) is 8.23. The van der Waals surface area contributed by atoms with E-state index in [0.717, 1.165) is 47.9 Å². The van der Waals surface area contributed by atoms with Crippen molar-refractivity contribution in [2.75, 3.05) is 7.11 Å². The number of aromatic nitrogens is 1. The fraction of sp³-hybridized carbons (Fsp3) is 0.364. The molecule has 146 valence electrons. The first kappa shape index (κ1) is 18.8. The predicted molar refractivity (Wildman–Crippen MR) is 109 cm³/mol. The van der Waals surface area contributed by atoms with Crippen molar-refractivity contribution in [3.8, 4) is 5.75 Å². The average molecular weight is 399 g/mol. The van der Waals surface area contributed by atoms with Gasteiger partial charge in [-0.15, -0.1) is 0 Å². The Bertz CT molecular complexity index is 965. The van der Waals surface area contributed by atoms with Gasteiger partial charge in [0.15, 0.2) is 5.76 Å². The van der Waals surface area contributed by atoms with Crippen molar-refractivity contribution in [2.45, 2.75) is 44.7 Å². The number of furan rings is 1. The maximum Gasteiger partial charge on any atom is 0.290 e. The van der Waals surface area contributed by atoms with Gasteiger partial charge in [0.25, 0.3) is 5.91 Å². The maximum absolute atomic E-state index is 13.1. The predicted octanol–water partition coefficient (Wildman–Crippen LogP) is 5.46. The van der Waals surface area contributed by atoms with Crippen LogP contribution < -0.4 is 4.74 Å². The van der Waals surface area contributed by atoms with Crippen LogP contribution in [0.4, 0.5) is 0 Å². The van der Waals surface area contributed by atoms with Gasteiger partial charge in [-0.2, -0.15) is 0 Å². The highest BCUT2D eigenvalue weighted by atomic mass is 35.5. The Labute approximate surface area is 169 Å². The number of ether oxygens (including phenoxy) is 1.